The number of carbonyl (C=O) groups is 1. The summed E-state index contributed by atoms with van der Waals surface area (Å²) in [7, 11) is 0. The molecule has 1 aromatic heterocycles. The van der Waals surface area contributed by atoms with E-state index in [1.807, 2.05) is 13.8 Å². The lowest BCUT2D eigenvalue weighted by atomic mass is 9.96. The fourth-order valence-corrected chi connectivity index (χ4v) is 1.44. The first-order valence-electron chi connectivity index (χ1n) is 4.65. The van der Waals surface area contributed by atoms with E-state index < -0.39 is 5.97 Å². The van der Waals surface area contributed by atoms with Crippen molar-refractivity contribution in [3.05, 3.63) is 29.1 Å². The molecule has 1 N–H and O–H groups in total. The van der Waals surface area contributed by atoms with Crippen molar-refractivity contribution in [2.24, 2.45) is 5.92 Å². The van der Waals surface area contributed by atoms with E-state index in [1.165, 1.54) is 0 Å². The van der Waals surface area contributed by atoms with E-state index >= 15 is 0 Å². The van der Waals surface area contributed by atoms with Crippen LogP contribution in [0.4, 0.5) is 0 Å². The van der Waals surface area contributed by atoms with Gasteiger partial charge in [0.15, 0.2) is 0 Å². The molecule has 14 heavy (non-hydrogen) atoms. The maximum absolute atomic E-state index is 10.7. The van der Waals surface area contributed by atoms with Crippen LogP contribution in [0, 0.1) is 19.8 Å². The molecule has 0 fully saturated rings. The van der Waals surface area contributed by atoms with Crippen molar-refractivity contribution < 1.29 is 9.90 Å². The standard InChI is InChI=1S/C11H15NO2/c1-7(11(13)14)4-10-8(2)5-12-6-9(10)3/h5-7H,4H2,1-3H3,(H,13,14). The molecule has 0 aromatic carbocycles. The maximum atomic E-state index is 10.7. The Balaban J connectivity index is 2.91. The molecule has 1 unspecified atom stereocenters. The van der Waals surface area contributed by atoms with Crippen LogP contribution in [-0.2, 0) is 11.2 Å². The first-order chi connectivity index (χ1) is 6.52. The van der Waals surface area contributed by atoms with Gasteiger partial charge in [0.25, 0.3) is 0 Å². The molecule has 1 atom stereocenters. The number of aromatic nitrogens is 1. The maximum Gasteiger partial charge on any atom is 0.306 e. The van der Waals surface area contributed by atoms with Crippen LogP contribution >= 0.6 is 0 Å². The zero-order chi connectivity index (χ0) is 10.7. The van der Waals surface area contributed by atoms with Crippen LogP contribution < -0.4 is 0 Å². The summed E-state index contributed by atoms with van der Waals surface area (Å²) in [6, 6.07) is 0. The molecular weight excluding hydrogens is 178 g/mol. The Morgan fingerprint density at radius 1 is 1.43 bits per heavy atom. The molecule has 1 aromatic rings. The Bertz CT molecular complexity index is 327. The minimum atomic E-state index is -0.749. The molecule has 1 heterocycles. The van der Waals surface area contributed by atoms with Crippen molar-refractivity contribution in [3.63, 3.8) is 0 Å². The summed E-state index contributed by atoms with van der Waals surface area (Å²) in [6.07, 6.45) is 4.13. The largest absolute Gasteiger partial charge is 0.481 e. The van der Waals surface area contributed by atoms with Crippen LogP contribution in [0.3, 0.4) is 0 Å². The molecule has 0 saturated heterocycles. The van der Waals surface area contributed by atoms with Gasteiger partial charge in [-0.25, -0.2) is 0 Å². The Kier molecular flexibility index (Phi) is 3.23. The number of hydrogen-bond donors (Lipinski definition) is 1. The number of aliphatic carboxylic acids is 1. The summed E-state index contributed by atoms with van der Waals surface area (Å²) in [4.78, 5) is 14.8. The van der Waals surface area contributed by atoms with E-state index in [1.54, 1.807) is 19.3 Å². The average molecular weight is 193 g/mol. The highest BCUT2D eigenvalue weighted by atomic mass is 16.4. The lowest BCUT2D eigenvalue weighted by molar-refractivity contribution is -0.141. The van der Waals surface area contributed by atoms with Gasteiger partial charge in [-0.1, -0.05) is 6.92 Å². The minimum absolute atomic E-state index is 0.338. The second-order valence-corrected chi connectivity index (χ2v) is 3.70. The number of nitrogens with zero attached hydrogens (tertiary/aromatic N) is 1. The Morgan fingerprint density at radius 3 is 2.36 bits per heavy atom. The van der Waals surface area contributed by atoms with Crippen molar-refractivity contribution in [3.8, 4) is 0 Å². The van der Waals surface area contributed by atoms with Crippen LogP contribution in [0.25, 0.3) is 0 Å². The molecular formula is C11H15NO2. The molecule has 0 aliphatic carbocycles. The van der Waals surface area contributed by atoms with Gasteiger partial charge in [0.2, 0.25) is 0 Å². The molecule has 3 heteroatoms. The summed E-state index contributed by atoms with van der Waals surface area (Å²) >= 11 is 0. The van der Waals surface area contributed by atoms with Crippen molar-refractivity contribution >= 4 is 5.97 Å². The summed E-state index contributed by atoms with van der Waals surface area (Å²) in [5.41, 5.74) is 3.24. The number of pyridine rings is 1. The lowest BCUT2D eigenvalue weighted by Gasteiger charge is -2.11. The third-order valence-corrected chi connectivity index (χ3v) is 2.42. The van der Waals surface area contributed by atoms with Gasteiger partial charge < -0.3 is 5.11 Å². The average Bonchev–Trinajstić information content (AvgIpc) is 2.11. The quantitative estimate of drug-likeness (QED) is 0.798. The van der Waals surface area contributed by atoms with Crippen LogP contribution in [-0.4, -0.2) is 16.1 Å². The molecule has 0 bridgehead atoms. The zero-order valence-corrected chi connectivity index (χ0v) is 8.74. The molecule has 0 radical (unpaired) electrons. The molecule has 0 amide bonds. The summed E-state index contributed by atoms with van der Waals surface area (Å²) in [5, 5.41) is 8.81. The van der Waals surface area contributed by atoms with E-state index in [0.29, 0.717) is 6.42 Å². The SMILES string of the molecule is Cc1cncc(C)c1CC(C)C(=O)O. The Hall–Kier alpha value is -1.38. The van der Waals surface area contributed by atoms with E-state index in [2.05, 4.69) is 4.98 Å². The molecule has 76 valence electrons. The summed E-state index contributed by atoms with van der Waals surface area (Å²) < 4.78 is 0. The normalized spacial score (nSPS) is 12.5. The fraction of sp³-hybridized carbons (Fsp3) is 0.455. The summed E-state index contributed by atoms with van der Waals surface area (Å²) in [5.74, 6) is -1.09. The first-order valence-corrected chi connectivity index (χ1v) is 4.65. The van der Waals surface area contributed by atoms with Crippen molar-refractivity contribution in [2.75, 3.05) is 0 Å². The Morgan fingerprint density at radius 2 is 1.93 bits per heavy atom. The van der Waals surface area contributed by atoms with Gasteiger partial charge in [0.05, 0.1) is 5.92 Å². The molecule has 1 rings (SSSR count). The van der Waals surface area contributed by atoms with Gasteiger partial charge in [0, 0.05) is 12.4 Å². The molecule has 0 spiro atoms. The molecule has 0 saturated carbocycles. The highest BCUT2D eigenvalue weighted by Crippen LogP contribution is 2.16. The zero-order valence-electron chi connectivity index (χ0n) is 8.74. The van der Waals surface area contributed by atoms with Crippen molar-refractivity contribution in [2.45, 2.75) is 27.2 Å². The van der Waals surface area contributed by atoms with Crippen LogP contribution in [0.5, 0.6) is 0 Å². The second-order valence-electron chi connectivity index (χ2n) is 3.70. The molecule has 0 aliphatic rings. The third kappa shape index (κ3) is 2.31. The first kappa shape index (κ1) is 10.7. The fourth-order valence-electron chi connectivity index (χ4n) is 1.44. The number of rotatable bonds is 3. The van der Waals surface area contributed by atoms with Crippen LogP contribution in [0.1, 0.15) is 23.6 Å². The number of aryl methyl sites for hydroxylation is 2. The topological polar surface area (TPSA) is 50.2 Å². The minimum Gasteiger partial charge on any atom is -0.481 e. The van der Waals surface area contributed by atoms with Gasteiger partial charge in [-0.3, -0.25) is 9.78 Å². The van der Waals surface area contributed by atoms with Crippen LogP contribution in [0.15, 0.2) is 12.4 Å². The number of carboxylic acid groups (broad SMARTS) is 1. The van der Waals surface area contributed by atoms with Gasteiger partial charge in [-0.2, -0.15) is 0 Å². The predicted molar refractivity (Wildman–Crippen MR) is 54.2 cm³/mol. The third-order valence-electron chi connectivity index (χ3n) is 2.42. The van der Waals surface area contributed by atoms with Gasteiger partial charge >= 0.3 is 5.97 Å². The predicted octanol–water partition coefficient (Wildman–Crippen LogP) is 1.96. The van der Waals surface area contributed by atoms with Crippen LogP contribution in [0.2, 0.25) is 0 Å². The number of hydrogen-bond acceptors (Lipinski definition) is 2. The monoisotopic (exact) mass is 193 g/mol. The van der Waals surface area contributed by atoms with E-state index in [-0.39, 0.29) is 5.92 Å². The molecule has 0 aliphatic heterocycles. The van der Waals surface area contributed by atoms with Crippen molar-refractivity contribution in [1.82, 2.24) is 4.98 Å². The number of carboxylic acids is 1. The highest BCUT2D eigenvalue weighted by molar-refractivity contribution is 5.70. The van der Waals surface area contributed by atoms with E-state index in [4.69, 9.17) is 5.11 Å². The summed E-state index contributed by atoms with van der Waals surface area (Å²) in [6.45, 7) is 5.65. The van der Waals surface area contributed by atoms with E-state index in [0.717, 1.165) is 16.7 Å². The van der Waals surface area contributed by atoms with Gasteiger partial charge in [0.1, 0.15) is 0 Å². The van der Waals surface area contributed by atoms with Crippen molar-refractivity contribution in [1.29, 1.82) is 0 Å². The van der Waals surface area contributed by atoms with Gasteiger partial charge in [-0.05, 0) is 37.0 Å². The van der Waals surface area contributed by atoms with E-state index in [9.17, 15) is 4.79 Å². The smallest absolute Gasteiger partial charge is 0.306 e. The highest BCUT2D eigenvalue weighted by Gasteiger charge is 2.14. The van der Waals surface area contributed by atoms with Gasteiger partial charge in [-0.15, -0.1) is 0 Å². The molecule has 3 nitrogen and oxygen atoms in total. The Labute approximate surface area is 83.8 Å². The lowest BCUT2D eigenvalue weighted by Crippen LogP contribution is -2.13. The second kappa shape index (κ2) is 4.22.